The summed E-state index contributed by atoms with van der Waals surface area (Å²) >= 11 is 8.52. The zero-order chi connectivity index (χ0) is 9.97. The minimum Gasteiger partial charge on any atom is -0.310 e. The summed E-state index contributed by atoms with van der Waals surface area (Å²) in [5.41, 5.74) is 1.26. The van der Waals surface area contributed by atoms with Crippen molar-refractivity contribution in [3.8, 4) is 0 Å². The smallest absolute Gasteiger partial charge is 0.0454 e. The molecule has 1 N–H and O–H groups in total. The first-order valence-electron chi connectivity index (χ1n) is 4.96. The zero-order valence-electron chi connectivity index (χ0n) is 7.89. The molecule has 2 rings (SSSR count). The highest BCUT2D eigenvalue weighted by molar-refractivity contribution is 14.1. The van der Waals surface area contributed by atoms with Crippen molar-refractivity contribution in [3.05, 3.63) is 32.4 Å². The number of hydrogen-bond acceptors (Lipinski definition) is 1. The predicted octanol–water partition coefficient (Wildman–Crippen LogP) is 3.76. The summed E-state index contributed by atoms with van der Waals surface area (Å²) in [5, 5.41) is 4.41. The van der Waals surface area contributed by atoms with Crippen molar-refractivity contribution in [2.45, 2.75) is 25.3 Å². The first kappa shape index (κ1) is 10.7. The minimum atomic E-state index is 0.464. The summed E-state index contributed by atoms with van der Waals surface area (Å²) in [6, 6.07) is 6.70. The summed E-state index contributed by atoms with van der Waals surface area (Å²) in [6.45, 7) is 1.12. The average molecular weight is 322 g/mol. The van der Waals surface area contributed by atoms with Crippen LogP contribution in [-0.4, -0.2) is 6.54 Å². The molecule has 1 aromatic rings. The number of halogens is 2. The van der Waals surface area contributed by atoms with E-state index in [1.807, 2.05) is 6.07 Å². The normalized spacial score (nSPS) is 22.3. The molecule has 0 spiro atoms. The van der Waals surface area contributed by atoms with Gasteiger partial charge in [0.15, 0.2) is 0 Å². The highest BCUT2D eigenvalue weighted by atomic mass is 127. The van der Waals surface area contributed by atoms with E-state index in [-0.39, 0.29) is 0 Å². The van der Waals surface area contributed by atoms with E-state index in [2.05, 4.69) is 40.0 Å². The predicted molar refractivity (Wildman–Crippen MR) is 68.8 cm³/mol. The Bertz CT molecular complexity index is 321. The summed E-state index contributed by atoms with van der Waals surface area (Å²) < 4.78 is 1.26. The molecular formula is C11H13ClIN. The molecule has 1 aromatic carbocycles. The van der Waals surface area contributed by atoms with Gasteiger partial charge in [0, 0.05) is 14.6 Å². The van der Waals surface area contributed by atoms with Gasteiger partial charge in [-0.2, -0.15) is 0 Å². The van der Waals surface area contributed by atoms with E-state index in [1.165, 1.54) is 28.4 Å². The Morgan fingerprint density at radius 2 is 2.21 bits per heavy atom. The lowest BCUT2D eigenvalue weighted by molar-refractivity contribution is 0.412. The van der Waals surface area contributed by atoms with Crippen LogP contribution in [0.3, 0.4) is 0 Å². The van der Waals surface area contributed by atoms with Crippen LogP contribution >= 0.6 is 34.2 Å². The van der Waals surface area contributed by atoms with Crippen molar-refractivity contribution in [1.29, 1.82) is 0 Å². The zero-order valence-corrected chi connectivity index (χ0v) is 10.8. The molecule has 0 bridgehead atoms. The Morgan fingerprint density at radius 3 is 2.93 bits per heavy atom. The third-order valence-electron chi connectivity index (χ3n) is 2.64. The van der Waals surface area contributed by atoms with Crippen LogP contribution < -0.4 is 5.32 Å². The second kappa shape index (κ2) is 4.81. The molecule has 1 heterocycles. The molecule has 0 amide bonds. The fraction of sp³-hybridized carbons (Fsp3) is 0.455. The summed E-state index contributed by atoms with van der Waals surface area (Å²) in [6.07, 6.45) is 3.80. The molecule has 1 aliphatic heterocycles. The van der Waals surface area contributed by atoms with E-state index in [0.717, 1.165) is 11.6 Å². The molecule has 1 saturated heterocycles. The van der Waals surface area contributed by atoms with Gasteiger partial charge in [-0.3, -0.25) is 0 Å². The van der Waals surface area contributed by atoms with Gasteiger partial charge in [-0.05, 0) is 65.7 Å². The van der Waals surface area contributed by atoms with Crippen LogP contribution in [0.2, 0.25) is 5.02 Å². The first-order valence-corrected chi connectivity index (χ1v) is 6.41. The highest BCUT2D eigenvalue weighted by Crippen LogP contribution is 2.29. The van der Waals surface area contributed by atoms with Crippen molar-refractivity contribution in [2.75, 3.05) is 6.54 Å². The minimum absolute atomic E-state index is 0.464. The molecule has 1 fully saturated rings. The van der Waals surface area contributed by atoms with Crippen LogP contribution in [0.1, 0.15) is 30.9 Å². The topological polar surface area (TPSA) is 12.0 Å². The van der Waals surface area contributed by atoms with Gasteiger partial charge in [-0.15, -0.1) is 0 Å². The standard InChI is InChI=1S/C11H13ClIN/c12-10-5-4-8(13)7-9(10)11-3-1-2-6-14-11/h4-5,7,11,14H,1-3,6H2/t11-/m1/s1. The van der Waals surface area contributed by atoms with Crippen molar-refractivity contribution >= 4 is 34.2 Å². The summed E-state index contributed by atoms with van der Waals surface area (Å²) in [5.74, 6) is 0. The second-order valence-electron chi connectivity index (χ2n) is 3.67. The summed E-state index contributed by atoms with van der Waals surface area (Å²) in [7, 11) is 0. The quantitative estimate of drug-likeness (QED) is 0.777. The molecule has 0 aromatic heterocycles. The van der Waals surface area contributed by atoms with E-state index in [1.54, 1.807) is 0 Å². The fourth-order valence-electron chi connectivity index (χ4n) is 1.90. The SMILES string of the molecule is Clc1ccc(I)cc1[C@H]1CCCCN1. The maximum atomic E-state index is 6.19. The van der Waals surface area contributed by atoms with Crippen LogP contribution in [0.15, 0.2) is 18.2 Å². The van der Waals surface area contributed by atoms with Gasteiger partial charge in [0.05, 0.1) is 0 Å². The van der Waals surface area contributed by atoms with E-state index < -0.39 is 0 Å². The largest absolute Gasteiger partial charge is 0.310 e. The maximum Gasteiger partial charge on any atom is 0.0454 e. The molecule has 0 unspecified atom stereocenters. The Kier molecular flexibility index (Phi) is 3.68. The molecule has 76 valence electrons. The molecular weight excluding hydrogens is 308 g/mol. The number of hydrogen-bond donors (Lipinski definition) is 1. The van der Waals surface area contributed by atoms with Gasteiger partial charge in [0.1, 0.15) is 0 Å². The van der Waals surface area contributed by atoms with Crippen molar-refractivity contribution in [3.63, 3.8) is 0 Å². The third kappa shape index (κ3) is 2.41. The van der Waals surface area contributed by atoms with Crippen molar-refractivity contribution in [2.24, 2.45) is 0 Å². The highest BCUT2D eigenvalue weighted by Gasteiger charge is 2.17. The molecule has 3 heteroatoms. The van der Waals surface area contributed by atoms with Crippen LogP contribution in [0.4, 0.5) is 0 Å². The molecule has 0 saturated carbocycles. The van der Waals surface area contributed by atoms with E-state index in [9.17, 15) is 0 Å². The van der Waals surface area contributed by atoms with Crippen LogP contribution in [0.5, 0.6) is 0 Å². The lowest BCUT2D eigenvalue weighted by atomic mass is 9.98. The lowest BCUT2D eigenvalue weighted by Gasteiger charge is -2.24. The Hall–Kier alpha value is 0.200. The van der Waals surface area contributed by atoms with Crippen LogP contribution in [-0.2, 0) is 0 Å². The maximum absolute atomic E-state index is 6.19. The Morgan fingerprint density at radius 1 is 1.36 bits per heavy atom. The monoisotopic (exact) mass is 321 g/mol. The van der Waals surface area contributed by atoms with Crippen molar-refractivity contribution in [1.82, 2.24) is 5.32 Å². The molecule has 1 aliphatic rings. The Balaban J connectivity index is 2.24. The fourth-order valence-corrected chi connectivity index (χ4v) is 2.66. The molecule has 14 heavy (non-hydrogen) atoms. The molecule has 1 atom stereocenters. The van der Waals surface area contributed by atoms with Crippen molar-refractivity contribution < 1.29 is 0 Å². The van der Waals surface area contributed by atoms with Crippen LogP contribution in [0, 0.1) is 3.57 Å². The third-order valence-corrected chi connectivity index (χ3v) is 3.66. The lowest BCUT2D eigenvalue weighted by Crippen LogP contribution is -2.27. The van der Waals surface area contributed by atoms with E-state index >= 15 is 0 Å². The molecule has 0 aliphatic carbocycles. The Labute approximate surface area is 103 Å². The van der Waals surface area contributed by atoms with Gasteiger partial charge in [0.25, 0.3) is 0 Å². The van der Waals surface area contributed by atoms with Gasteiger partial charge in [-0.25, -0.2) is 0 Å². The van der Waals surface area contributed by atoms with Gasteiger partial charge >= 0.3 is 0 Å². The number of benzene rings is 1. The van der Waals surface area contributed by atoms with Gasteiger partial charge in [-0.1, -0.05) is 18.0 Å². The van der Waals surface area contributed by atoms with E-state index in [4.69, 9.17) is 11.6 Å². The van der Waals surface area contributed by atoms with Crippen LogP contribution in [0.25, 0.3) is 0 Å². The molecule has 0 radical (unpaired) electrons. The first-order chi connectivity index (χ1) is 6.77. The number of piperidine rings is 1. The number of rotatable bonds is 1. The molecule has 1 nitrogen and oxygen atoms in total. The van der Waals surface area contributed by atoms with Gasteiger partial charge in [0.2, 0.25) is 0 Å². The summed E-state index contributed by atoms with van der Waals surface area (Å²) in [4.78, 5) is 0. The second-order valence-corrected chi connectivity index (χ2v) is 5.32. The number of nitrogens with one attached hydrogen (secondary N) is 1. The van der Waals surface area contributed by atoms with Gasteiger partial charge < -0.3 is 5.32 Å². The average Bonchev–Trinajstić information content (AvgIpc) is 2.23. The van der Waals surface area contributed by atoms with E-state index in [0.29, 0.717) is 6.04 Å².